The minimum absolute atomic E-state index is 0.00869. The lowest BCUT2D eigenvalue weighted by Gasteiger charge is -2.14. The molecule has 2 amide bonds. The average molecular weight is 355 g/mol. The zero-order valence-corrected chi connectivity index (χ0v) is 12.5. The molecule has 0 bridgehead atoms. The van der Waals surface area contributed by atoms with Crippen LogP contribution in [0.4, 0.5) is 23.7 Å². The maximum atomic E-state index is 12.2. The molecule has 0 radical (unpaired) electrons. The summed E-state index contributed by atoms with van der Waals surface area (Å²) < 4.78 is 41.2. The lowest BCUT2D eigenvalue weighted by molar-refractivity contribution is -0.153. The van der Waals surface area contributed by atoms with Gasteiger partial charge in [0.1, 0.15) is 5.75 Å². The van der Waals surface area contributed by atoms with Gasteiger partial charge in [0.15, 0.2) is 6.61 Å². The van der Waals surface area contributed by atoms with Crippen LogP contribution in [0.3, 0.4) is 0 Å². The van der Waals surface area contributed by atoms with Crippen molar-refractivity contribution in [3.63, 3.8) is 0 Å². The standard InChI is InChI=1S/C13H14ClF3N2O4/c14-8-3-4-9(10(6-8)23-7-13(15,16)17)19-12(22)18-5-1-2-11(20)21/h3-4,6H,1-2,5,7H2,(H,20,21)(H2,18,19,22). The molecular formula is C13H14ClF3N2O4. The SMILES string of the molecule is O=C(O)CCCNC(=O)Nc1ccc(Cl)cc1OCC(F)(F)F. The van der Waals surface area contributed by atoms with Crippen LogP contribution in [0.15, 0.2) is 18.2 Å². The molecule has 0 fully saturated rings. The second-order valence-electron chi connectivity index (χ2n) is 4.42. The maximum absolute atomic E-state index is 12.2. The van der Waals surface area contributed by atoms with Crippen LogP contribution in [0.1, 0.15) is 12.8 Å². The second-order valence-corrected chi connectivity index (χ2v) is 4.86. The van der Waals surface area contributed by atoms with E-state index in [0.717, 1.165) is 6.07 Å². The lowest BCUT2D eigenvalue weighted by atomic mass is 10.3. The summed E-state index contributed by atoms with van der Waals surface area (Å²) in [7, 11) is 0. The molecule has 0 saturated carbocycles. The number of alkyl halides is 3. The Morgan fingerprint density at radius 2 is 2.00 bits per heavy atom. The number of anilines is 1. The molecule has 1 rings (SSSR count). The first-order valence-electron chi connectivity index (χ1n) is 6.43. The molecule has 0 heterocycles. The van der Waals surface area contributed by atoms with Crippen molar-refractivity contribution in [2.45, 2.75) is 19.0 Å². The van der Waals surface area contributed by atoms with Gasteiger partial charge < -0.3 is 20.5 Å². The van der Waals surface area contributed by atoms with Gasteiger partial charge in [-0.2, -0.15) is 13.2 Å². The lowest BCUT2D eigenvalue weighted by Crippen LogP contribution is -2.30. The van der Waals surface area contributed by atoms with Crippen molar-refractivity contribution < 1.29 is 32.6 Å². The van der Waals surface area contributed by atoms with Gasteiger partial charge in [0.25, 0.3) is 0 Å². The van der Waals surface area contributed by atoms with Crippen molar-refractivity contribution in [2.75, 3.05) is 18.5 Å². The van der Waals surface area contributed by atoms with E-state index in [1.54, 1.807) is 0 Å². The zero-order valence-electron chi connectivity index (χ0n) is 11.7. The Hall–Kier alpha value is -2.16. The molecule has 0 aliphatic carbocycles. The molecule has 10 heteroatoms. The summed E-state index contributed by atoms with van der Waals surface area (Å²) in [6.07, 6.45) is -4.42. The van der Waals surface area contributed by atoms with E-state index in [0.29, 0.717) is 0 Å². The van der Waals surface area contributed by atoms with Crippen molar-refractivity contribution in [3.8, 4) is 5.75 Å². The van der Waals surface area contributed by atoms with Crippen LogP contribution < -0.4 is 15.4 Å². The number of rotatable bonds is 7. The average Bonchev–Trinajstić information content (AvgIpc) is 2.43. The fraction of sp³-hybridized carbons (Fsp3) is 0.385. The van der Waals surface area contributed by atoms with E-state index in [1.165, 1.54) is 12.1 Å². The van der Waals surface area contributed by atoms with Crippen molar-refractivity contribution >= 4 is 29.3 Å². The van der Waals surface area contributed by atoms with E-state index < -0.39 is 24.8 Å². The smallest absolute Gasteiger partial charge is 0.422 e. The van der Waals surface area contributed by atoms with Crippen LogP contribution in [-0.2, 0) is 4.79 Å². The molecule has 128 valence electrons. The molecular weight excluding hydrogens is 341 g/mol. The number of hydrogen-bond acceptors (Lipinski definition) is 3. The molecule has 3 N–H and O–H groups in total. The maximum Gasteiger partial charge on any atom is 0.422 e. The summed E-state index contributed by atoms with van der Waals surface area (Å²) in [6, 6.07) is 3.12. The van der Waals surface area contributed by atoms with Crippen LogP contribution >= 0.6 is 11.6 Å². The largest absolute Gasteiger partial charge is 0.482 e. The highest BCUT2D eigenvalue weighted by atomic mass is 35.5. The van der Waals surface area contributed by atoms with Crippen molar-refractivity contribution in [3.05, 3.63) is 23.2 Å². The van der Waals surface area contributed by atoms with Crippen LogP contribution in [0.5, 0.6) is 5.75 Å². The first-order chi connectivity index (χ1) is 10.7. The van der Waals surface area contributed by atoms with E-state index in [4.69, 9.17) is 16.7 Å². The van der Waals surface area contributed by atoms with Gasteiger partial charge in [0.05, 0.1) is 5.69 Å². The fourth-order valence-corrected chi connectivity index (χ4v) is 1.65. The normalized spacial score (nSPS) is 11.0. The summed E-state index contributed by atoms with van der Waals surface area (Å²) in [5.74, 6) is -1.22. The third-order valence-corrected chi connectivity index (χ3v) is 2.67. The number of ether oxygens (including phenoxy) is 1. The molecule has 0 unspecified atom stereocenters. The molecule has 0 spiro atoms. The zero-order chi connectivity index (χ0) is 17.5. The first kappa shape index (κ1) is 18.9. The summed E-state index contributed by atoms with van der Waals surface area (Å²) in [5, 5.41) is 13.3. The highest BCUT2D eigenvalue weighted by Crippen LogP contribution is 2.29. The van der Waals surface area contributed by atoms with E-state index in [2.05, 4.69) is 15.4 Å². The predicted octanol–water partition coefficient (Wildman–Crippen LogP) is 3.27. The van der Waals surface area contributed by atoms with Crippen molar-refractivity contribution in [1.82, 2.24) is 5.32 Å². The number of carbonyl (C=O) groups excluding carboxylic acids is 1. The topological polar surface area (TPSA) is 87.7 Å². The fourth-order valence-electron chi connectivity index (χ4n) is 1.49. The number of aliphatic carboxylic acids is 1. The highest BCUT2D eigenvalue weighted by Gasteiger charge is 2.29. The number of hydrogen-bond donors (Lipinski definition) is 3. The van der Waals surface area contributed by atoms with Gasteiger partial charge in [-0.05, 0) is 18.6 Å². The number of halogens is 4. The van der Waals surface area contributed by atoms with E-state index in [9.17, 15) is 22.8 Å². The van der Waals surface area contributed by atoms with Gasteiger partial charge in [0, 0.05) is 24.1 Å². The monoisotopic (exact) mass is 354 g/mol. The quantitative estimate of drug-likeness (QED) is 0.656. The summed E-state index contributed by atoms with van der Waals surface area (Å²) in [5.41, 5.74) is 0.00869. The number of carboxylic acid groups (broad SMARTS) is 1. The third-order valence-electron chi connectivity index (χ3n) is 2.44. The van der Waals surface area contributed by atoms with Gasteiger partial charge >= 0.3 is 18.2 Å². The molecule has 0 aromatic heterocycles. The Morgan fingerprint density at radius 1 is 1.30 bits per heavy atom. The molecule has 0 saturated heterocycles. The van der Waals surface area contributed by atoms with Crippen LogP contribution in [-0.4, -0.2) is 36.4 Å². The van der Waals surface area contributed by atoms with Crippen LogP contribution in [0.2, 0.25) is 5.02 Å². The molecule has 0 atom stereocenters. The summed E-state index contributed by atoms with van der Waals surface area (Å²) in [4.78, 5) is 21.9. The van der Waals surface area contributed by atoms with E-state index >= 15 is 0 Å². The molecule has 0 aliphatic heterocycles. The van der Waals surface area contributed by atoms with E-state index in [-0.39, 0.29) is 35.8 Å². The Labute approximate surface area is 134 Å². The Bertz CT molecular complexity index is 567. The number of nitrogens with one attached hydrogen (secondary N) is 2. The van der Waals surface area contributed by atoms with Gasteiger partial charge in [-0.15, -0.1) is 0 Å². The van der Waals surface area contributed by atoms with Crippen molar-refractivity contribution in [2.24, 2.45) is 0 Å². The molecule has 23 heavy (non-hydrogen) atoms. The molecule has 1 aromatic rings. The number of benzene rings is 1. The Morgan fingerprint density at radius 3 is 2.61 bits per heavy atom. The minimum Gasteiger partial charge on any atom is -0.482 e. The Balaban J connectivity index is 2.61. The van der Waals surface area contributed by atoms with Crippen LogP contribution in [0, 0.1) is 0 Å². The first-order valence-corrected chi connectivity index (χ1v) is 6.81. The summed E-state index contributed by atoms with van der Waals surface area (Å²) >= 11 is 5.69. The minimum atomic E-state index is -4.53. The number of amides is 2. The number of carboxylic acids is 1. The molecule has 0 aliphatic rings. The van der Waals surface area contributed by atoms with Gasteiger partial charge in [-0.25, -0.2) is 4.79 Å². The summed E-state index contributed by atoms with van der Waals surface area (Å²) in [6.45, 7) is -1.42. The van der Waals surface area contributed by atoms with Gasteiger partial charge in [0.2, 0.25) is 0 Å². The van der Waals surface area contributed by atoms with Crippen molar-refractivity contribution in [1.29, 1.82) is 0 Å². The van der Waals surface area contributed by atoms with Crippen LogP contribution in [0.25, 0.3) is 0 Å². The predicted molar refractivity (Wildman–Crippen MR) is 76.9 cm³/mol. The number of urea groups is 1. The highest BCUT2D eigenvalue weighted by molar-refractivity contribution is 6.30. The van der Waals surface area contributed by atoms with Gasteiger partial charge in [-0.1, -0.05) is 11.6 Å². The molecule has 1 aromatic carbocycles. The van der Waals surface area contributed by atoms with Gasteiger partial charge in [-0.3, -0.25) is 4.79 Å². The second kappa shape index (κ2) is 8.47. The molecule has 6 nitrogen and oxygen atoms in total. The number of carbonyl (C=O) groups is 2. The third kappa shape index (κ3) is 8.15. The Kier molecular flexibility index (Phi) is 6.95. The van der Waals surface area contributed by atoms with E-state index in [1.807, 2.05) is 0 Å².